The number of carbonyl (C=O) groups excluding carboxylic acids is 1. The smallest absolute Gasteiger partial charge is 0.272 e. The Balaban J connectivity index is 1.48. The zero-order valence-corrected chi connectivity index (χ0v) is 15.2. The summed E-state index contributed by atoms with van der Waals surface area (Å²) >= 11 is 0. The summed E-state index contributed by atoms with van der Waals surface area (Å²) in [6, 6.07) is 14.7. The van der Waals surface area contributed by atoms with Crippen molar-refractivity contribution in [2.24, 2.45) is 5.92 Å². The van der Waals surface area contributed by atoms with Crippen molar-refractivity contribution in [3.8, 4) is 0 Å². The molecule has 3 unspecified atom stereocenters. The van der Waals surface area contributed by atoms with Gasteiger partial charge in [0.25, 0.3) is 5.91 Å². The van der Waals surface area contributed by atoms with Crippen LogP contribution < -0.4 is 10.9 Å². The molecule has 2 fully saturated rings. The maximum Gasteiger partial charge on any atom is 0.272 e. The predicted octanol–water partition coefficient (Wildman–Crippen LogP) is 2.50. The Hall–Kier alpha value is -2.24. The number of likely N-dealkylation sites (tertiary alicyclic amines) is 1. The maximum absolute atomic E-state index is 12.8. The number of pyridine rings is 1. The lowest BCUT2D eigenvalue weighted by Gasteiger charge is -2.37. The predicted molar refractivity (Wildman–Crippen MR) is 102 cm³/mol. The van der Waals surface area contributed by atoms with Crippen LogP contribution in [-0.4, -0.2) is 41.5 Å². The van der Waals surface area contributed by atoms with E-state index in [2.05, 4.69) is 47.0 Å². The fourth-order valence-electron chi connectivity index (χ4n) is 4.24. The summed E-state index contributed by atoms with van der Waals surface area (Å²) in [5, 5.41) is 0. The monoisotopic (exact) mass is 350 g/mol. The number of benzene rings is 1. The van der Waals surface area contributed by atoms with E-state index in [1.54, 1.807) is 12.3 Å². The van der Waals surface area contributed by atoms with Gasteiger partial charge in [-0.05, 0) is 43.4 Å². The van der Waals surface area contributed by atoms with Gasteiger partial charge < -0.3 is 4.90 Å². The first-order chi connectivity index (χ1) is 12.7. The van der Waals surface area contributed by atoms with Crippen LogP contribution in [0.1, 0.15) is 40.4 Å². The molecule has 2 saturated heterocycles. The molecule has 0 bridgehead atoms. The van der Waals surface area contributed by atoms with Crippen LogP contribution in [0.2, 0.25) is 0 Å². The summed E-state index contributed by atoms with van der Waals surface area (Å²) in [6.07, 6.45) is 3.88. The van der Waals surface area contributed by atoms with Gasteiger partial charge in [0.15, 0.2) is 0 Å². The van der Waals surface area contributed by atoms with Crippen molar-refractivity contribution >= 4 is 5.91 Å². The van der Waals surface area contributed by atoms with Crippen molar-refractivity contribution in [2.45, 2.75) is 31.7 Å². The van der Waals surface area contributed by atoms with Crippen molar-refractivity contribution < 1.29 is 4.79 Å². The third-order valence-electron chi connectivity index (χ3n) is 5.67. The summed E-state index contributed by atoms with van der Waals surface area (Å²) in [5.74, 6) is 0.927. The molecule has 5 heteroatoms. The number of nitrogens with zero attached hydrogens (tertiary/aromatic N) is 2. The van der Waals surface area contributed by atoms with Gasteiger partial charge in [-0.15, -0.1) is 0 Å². The molecule has 1 aromatic carbocycles. The lowest BCUT2D eigenvalue weighted by Crippen LogP contribution is -2.48. The molecule has 0 saturated carbocycles. The molecule has 26 heavy (non-hydrogen) atoms. The van der Waals surface area contributed by atoms with Crippen LogP contribution in [0.4, 0.5) is 0 Å². The average molecular weight is 350 g/mol. The molecule has 1 aromatic heterocycles. The number of aromatic nitrogens is 1. The van der Waals surface area contributed by atoms with Crippen molar-refractivity contribution in [1.82, 2.24) is 20.7 Å². The number of piperidine rings is 1. The molecule has 2 aromatic rings. The topological polar surface area (TPSA) is 57.3 Å². The van der Waals surface area contributed by atoms with Crippen LogP contribution in [0.25, 0.3) is 0 Å². The van der Waals surface area contributed by atoms with E-state index < -0.39 is 0 Å². The fraction of sp³-hybridized carbons (Fsp3) is 0.429. The minimum Gasteiger partial charge on any atom is -0.337 e. The Labute approximate surface area is 154 Å². The summed E-state index contributed by atoms with van der Waals surface area (Å²) in [5.41, 5.74) is 10.0. The van der Waals surface area contributed by atoms with Crippen LogP contribution in [-0.2, 0) is 0 Å². The molecule has 0 aliphatic carbocycles. The van der Waals surface area contributed by atoms with E-state index in [0.717, 1.165) is 32.5 Å². The fourth-order valence-corrected chi connectivity index (χ4v) is 4.24. The van der Waals surface area contributed by atoms with E-state index in [4.69, 9.17) is 0 Å². The van der Waals surface area contributed by atoms with E-state index in [9.17, 15) is 4.79 Å². The highest BCUT2D eigenvalue weighted by Crippen LogP contribution is 2.32. The zero-order valence-electron chi connectivity index (χ0n) is 15.2. The normalized spacial score (nSPS) is 26.0. The Morgan fingerprint density at radius 1 is 1.19 bits per heavy atom. The van der Waals surface area contributed by atoms with Crippen LogP contribution in [0, 0.1) is 12.8 Å². The van der Waals surface area contributed by atoms with E-state index in [0.29, 0.717) is 23.6 Å². The molecular formula is C21H26N4O. The molecule has 2 aliphatic heterocycles. The standard InChI is InChI=1S/C21H26N4O/c1-15-7-9-16(10-8-15)18-13-23-24-20(18)17-5-4-12-25(14-17)21(26)19-6-2-3-11-22-19/h2-3,6-11,17-18,20,23-24H,4-5,12-14H2,1H3. The molecule has 0 spiro atoms. The van der Waals surface area contributed by atoms with Gasteiger partial charge in [0, 0.05) is 37.8 Å². The van der Waals surface area contributed by atoms with Crippen molar-refractivity contribution in [1.29, 1.82) is 0 Å². The highest BCUT2D eigenvalue weighted by Gasteiger charge is 2.37. The minimum absolute atomic E-state index is 0.0492. The second kappa shape index (κ2) is 7.56. The SMILES string of the molecule is Cc1ccc(C2CNNC2C2CCCN(C(=O)c3ccccn3)C2)cc1. The number of hydrazine groups is 1. The molecule has 1 amide bonds. The van der Waals surface area contributed by atoms with Gasteiger partial charge in [-0.3, -0.25) is 20.6 Å². The molecule has 4 rings (SSSR count). The Morgan fingerprint density at radius 3 is 2.81 bits per heavy atom. The van der Waals surface area contributed by atoms with Crippen LogP contribution in [0.3, 0.4) is 0 Å². The number of hydrogen-bond acceptors (Lipinski definition) is 4. The second-order valence-corrected chi connectivity index (χ2v) is 7.44. The highest BCUT2D eigenvalue weighted by molar-refractivity contribution is 5.92. The van der Waals surface area contributed by atoms with Gasteiger partial charge in [-0.2, -0.15) is 0 Å². The van der Waals surface area contributed by atoms with Crippen LogP contribution in [0.15, 0.2) is 48.7 Å². The summed E-state index contributed by atoms with van der Waals surface area (Å²) in [4.78, 5) is 19.0. The van der Waals surface area contributed by atoms with E-state index >= 15 is 0 Å². The average Bonchev–Trinajstić information content (AvgIpc) is 3.19. The molecule has 0 radical (unpaired) electrons. The van der Waals surface area contributed by atoms with Crippen molar-refractivity contribution in [3.05, 3.63) is 65.5 Å². The summed E-state index contributed by atoms with van der Waals surface area (Å²) < 4.78 is 0. The molecule has 3 atom stereocenters. The second-order valence-electron chi connectivity index (χ2n) is 7.44. The van der Waals surface area contributed by atoms with Crippen LogP contribution in [0.5, 0.6) is 0 Å². The third kappa shape index (κ3) is 3.50. The van der Waals surface area contributed by atoms with Gasteiger partial charge in [-0.25, -0.2) is 0 Å². The first-order valence-electron chi connectivity index (χ1n) is 9.47. The van der Waals surface area contributed by atoms with Gasteiger partial charge in [0.1, 0.15) is 5.69 Å². The Morgan fingerprint density at radius 2 is 2.04 bits per heavy atom. The van der Waals surface area contributed by atoms with Gasteiger partial charge in [0.2, 0.25) is 0 Å². The number of carbonyl (C=O) groups is 1. The Kier molecular flexibility index (Phi) is 5.00. The Bertz CT molecular complexity index is 746. The number of hydrogen-bond donors (Lipinski definition) is 2. The minimum atomic E-state index is 0.0492. The molecular weight excluding hydrogens is 324 g/mol. The number of rotatable bonds is 3. The van der Waals surface area contributed by atoms with Gasteiger partial charge in [0.05, 0.1) is 0 Å². The van der Waals surface area contributed by atoms with Crippen molar-refractivity contribution in [3.63, 3.8) is 0 Å². The van der Waals surface area contributed by atoms with Crippen LogP contribution >= 0.6 is 0 Å². The zero-order chi connectivity index (χ0) is 17.9. The highest BCUT2D eigenvalue weighted by atomic mass is 16.2. The molecule has 136 valence electrons. The molecule has 5 nitrogen and oxygen atoms in total. The molecule has 2 N–H and O–H groups in total. The van der Waals surface area contributed by atoms with E-state index in [-0.39, 0.29) is 5.91 Å². The summed E-state index contributed by atoms with van der Waals surface area (Å²) in [6.45, 7) is 4.66. The maximum atomic E-state index is 12.8. The summed E-state index contributed by atoms with van der Waals surface area (Å²) in [7, 11) is 0. The number of amides is 1. The van der Waals surface area contributed by atoms with Crippen molar-refractivity contribution in [2.75, 3.05) is 19.6 Å². The van der Waals surface area contributed by atoms with Gasteiger partial charge >= 0.3 is 0 Å². The first kappa shape index (κ1) is 17.2. The lowest BCUT2D eigenvalue weighted by atomic mass is 9.81. The first-order valence-corrected chi connectivity index (χ1v) is 9.47. The lowest BCUT2D eigenvalue weighted by molar-refractivity contribution is 0.0638. The number of nitrogens with one attached hydrogen (secondary N) is 2. The molecule has 3 heterocycles. The third-order valence-corrected chi connectivity index (χ3v) is 5.67. The number of aryl methyl sites for hydroxylation is 1. The molecule has 2 aliphatic rings. The largest absolute Gasteiger partial charge is 0.337 e. The quantitative estimate of drug-likeness (QED) is 0.893. The van der Waals surface area contributed by atoms with Gasteiger partial charge in [-0.1, -0.05) is 35.9 Å². The van der Waals surface area contributed by atoms with E-state index in [1.165, 1.54) is 11.1 Å². The van der Waals surface area contributed by atoms with E-state index in [1.807, 2.05) is 17.0 Å².